The van der Waals surface area contributed by atoms with Crippen molar-refractivity contribution in [3.63, 3.8) is 0 Å². The molecule has 0 aliphatic heterocycles. The first-order chi connectivity index (χ1) is 12.2. The summed E-state index contributed by atoms with van der Waals surface area (Å²) in [6.45, 7) is 3.14. The monoisotopic (exact) mass is 787 g/mol. The maximum absolute atomic E-state index is 5.24. The summed E-state index contributed by atoms with van der Waals surface area (Å²) in [5.41, 5.74) is 1.22. The van der Waals surface area contributed by atoms with E-state index in [0.29, 0.717) is 0 Å². The predicted octanol–water partition coefficient (Wildman–Crippen LogP) is 4.42. The van der Waals surface area contributed by atoms with Crippen LogP contribution in [0.25, 0.3) is 10.4 Å². The fraction of sp³-hybridized carbons (Fsp3) is 0.167. The highest BCUT2D eigenvalue weighted by Crippen LogP contribution is 2.35. The van der Waals surface area contributed by atoms with E-state index in [4.69, 9.17) is 4.74 Å². The van der Waals surface area contributed by atoms with Gasteiger partial charge in [0.25, 0.3) is 5.03 Å². The van der Waals surface area contributed by atoms with Gasteiger partial charge in [0, 0.05) is 52.7 Å². The van der Waals surface area contributed by atoms with Crippen LogP contribution < -0.4 is 32.7 Å². The SMILES string of the molecule is CC[n+]1sc(-c2ccc(OC)cc2)cc1Sc1ccccc1Br.II.[I-]. The molecule has 0 aliphatic carbocycles. The highest BCUT2D eigenvalue weighted by atomic mass is 128. The zero-order valence-electron chi connectivity index (χ0n) is 14.1. The summed E-state index contributed by atoms with van der Waals surface area (Å²) >= 11 is 11.4. The molecule has 0 spiro atoms. The third kappa shape index (κ3) is 6.75. The lowest BCUT2D eigenvalue weighted by Gasteiger charge is -1.99. The largest absolute Gasteiger partial charge is 1.00 e. The summed E-state index contributed by atoms with van der Waals surface area (Å²) in [7, 11) is 1.69. The minimum atomic E-state index is 0. The molecule has 26 heavy (non-hydrogen) atoms. The lowest BCUT2D eigenvalue weighted by Crippen LogP contribution is -3.00. The molecule has 0 amide bonds. The minimum absolute atomic E-state index is 0. The van der Waals surface area contributed by atoms with Gasteiger partial charge in [-0.2, -0.15) is 0 Å². The van der Waals surface area contributed by atoms with Crippen LogP contribution in [-0.4, -0.2) is 7.11 Å². The third-order valence-electron chi connectivity index (χ3n) is 3.42. The molecule has 0 fully saturated rings. The van der Waals surface area contributed by atoms with Crippen molar-refractivity contribution in [2.24, 2.45) is 0 Å². The van der Waals surface area contributed by atoms with E-state index in [2.05, 4.69) is 100 Å². The van der Waals surface area contributed by atoms with E-state index in [1.54, 1.807) is 30.4 Å². The molecule has 3 rings (SSSR count). The van der Waals surface area contributed by atoms with Gasteiger partial charge in [-0.05, 0) is 76.6 Å². The summed E-state index contributed by atoms with van der Waals surface area (Å²) in [4.78, 5) is 2.50. The van der Waals surface area contributed by atoms with Crippen LogP contribution in [-0.2, 0) is 6.54 Å². The molecule has 1 heterocycles. The Balaban J connectivity index is 0.00000109. The van der Waals surface area contributed by atoms with Gasteiger partial charge >= 0.3 is 0 Å². The molecule has 1 aromatic heterocycles. The van der Waals surface area contributed by atoms with Crippen molar-refractivity contribution >= 4 is 76.5 Å². The number of rotatable bonds is 5. The van der Waals surface area contributed by atoms with E-state index >= 15 is 0 Å². The van der Waals surface area contributed by atoms with Gasteiger partial charge < -0.3 is 28.7 Å². The number of hydrogen-bond acceptors (Lipinski definition) is 3. The molecule has 2 aromatic carbocycles. The van der Waals surface area contributed by atoms with Gasteiger partial charge in [-0.25, -0.2) is 0 Å². The van der Waals surface area contributed by atoms with Gasteiger partial charge in [0.15, 0.2) is 6.54 Å². The molecule has 0 saturated carbocycles. The Labute approximate surface area is 212 Å². The Bertz CT molecular complexity index is 812. The number of hydrogen-bond donors (Lipinski definition) is 0. The van der Waals surface area contributed by atoms with E-state index in [-0.39, 0.29) is 24.0 Å². The van der Waals surface area contributed by atoms with Gasteiger partial charge in [-0.1, -0.05) is 12.1 Å². The van der Waals surface area contributed by atoms with Crippen molar-refractivity contribution in [3.8, 4) is 16.2 Å². The Morgan fingerprint density at radius 2 is 1.77 bits per heavy atom. The van der Waals surface area contributed by atoms with Crippen LogP contribution in [0.5, 0.6) is 5.75 Å². The molecule has 0 saturated heterocycles. The van der Waals surface area contributed by atoms with Crippen LogP contribution >= 0.6 is 76.5 Å². The number of aromatic nitrogens is 1. The average Bonchev–Trinajstić information content (AvgIpc) is 3.08. The summed E-state index contributed by atoms with van der Waals surface area (Å²) in [6.07, 6.45) is 0. The zero-order valence-corrected chi connectivity index (χ0v) is 23.8. The molecule has 0 aliphatic rings. The first-order valence-electron chi connectivity index (χ1n) is 7.46. The maximum Gasteiger partial charge on any atom is 0.259 e. The topological polar surface area (TPSA) is 13.1 Å². The van der Waals surface area contributed by atoms with Crippen molar-refractivity contribution in [2.45, 2.75) is 23.4 Å². The molecule has 0 unspecified atom stereocenters. The molecule has 140 valence electrons. The number of benzene rings is 2. The molecule has 2 nitrogen and oxygen atoms in total. The van der Waals surface area contributed by atoms with Crippen molar-refractivity contribution in [1.82, 2.24) is 0 Å². The maximum atomic E-state index is 5.24. The van der Waals surface area contributed by atoms with Crippen LogP contribution in [0, 0.1) is 0 Å². The normalized spacial score (nSPS) is 9.73. The zero-order chi connectivity index (χ0) is 18.2. The molecule has 0 bridgehead atoms. The first-order valence-corrected chi connectivity index (χ1v) is 16.1. The number of aryl methyl sites for hydroxylation is 1. The van der Waals surface area contributed by atoms with Crippen LogP contribution in [0.3, 0.4) is 0 Å². The average molecular weight is 788 g/mol. The van der Waals surface area contributed by atoms with Gasteiger partial charge in [-0.15, -0.1) is 3.96 Å². The Morgan fingerprint density at radius 3 is 2.35 bits per heavy atom. The quantitative estimate of drug-likeness (QED) is 0.281. The Morgan fingerprint density at radius 1 is 1.12 bits per heavy atom. The van der Waals surface area contributed by atoms with Crippen LogP contribution in [0.15, 0.2) is 69.0 Å². The van der Waals surface area contributed by atoms with Crippen LogP contribution in [0.2, 0.25) is 0 Å². The summed E-state index contributed by atoms with van der Waals surface area (Å²) < 4.78 is 8.69. The van der Waals surface area contributed by atoms with Crippen molar-refractivity contribution in [3.05, 3.63) is 59.1 Å². The number of ether oxygens (including phenoxy) is 1. The summed E-state index contributed by atoms with van der Waals surface area (Å²) in [5.74, 6) is 0.886. The predicted molar refractivity (Wildman–Crippen MR) is 128 cm³/mol. The van der Waals surface area contributed by atoms with Crippen LogP contribution in [0.4, 0.5) is 0 Å². The second kappa shape index (κ2) is 13.2. The van der Waals surface area contributed by atoms with E-state index in [9.17, 15) is 0 Å². The van der Waals surface area contributed by atoms with E-state index in [0.717, 1.165) is 16.8 Å². The van der Waals surface area contributed by atoms with Gasteiger partial charge in [-0.3, -0.25) is 0 Å². The van der Waals surface area contributed by atoms with E-state index in [1.807, 2.05) is 18.2 Å². The van der Waals surface area contributed by atoms with E-state index in [1.165, 1.54) is 20.4 Å². The smallest absolute Gasteiger partial charge is 0.259 e. The van der Waals surface area contributed by atoms with Gasteiger partial charge in [0.05, 0.1) is 7.11 Å². The molecule has 0 radical (unpaired) electrons. The highest BCUT2D eigenvalue weighted by Gasteiger charge is 2.19. The molecule has 0 atom stereocenters. The van der Waals surface area contributed by atoms with E-state index < -0.39 is 0 Å². The van der Waals surface area contributed by atoms with Crippen molar-refractivity contribution < 1.29 is 32.7 Å². The van der Waals surface area contributed by atoms with Crippen LogP contribution in [0.1, 0.15) is 6.92 Å². The molecule has 3 aromatic rings. The molecular weight excluding hydrogens is 771 g/mol. The standard InChI is InChI=1S/C18H17BrNOS2.I2.HI/c1-3-20-18(22-16-7-5-4-6-15(16)19)12-17(23-20)13-8-10-14(21-2)11-9-13;1-2;/h4-12H,3H2,1-2H3;;1H/q+1;;/p-1. The second-order valence-corrected chi connectivity index (χ2v) is 7.87. The first kappa shape index (κ1) is 24.9. The second-order valence-electron chi connectivity index (χ2n) is 4.89. The van der Waals surface area contributed by atoms with Crippen molar-refractivity contribution in [1.29, 1.82) is 0 Å². The minimum Gasteiger partial charge on any atom is -1.00 e. The van der Waals surface area contributed by atoms with Gasteiger partial charge in [0.2, 0.25) is 0 Å². The summed E-state index contributed by atoms with van der Waals surface area (Å²) in [5, 5.41) is 1.26. The number of nitrogens with zero attached hydrogens (tertiary/aromatic N) is 1. The molecule has 8 heteroatoms. The third-order valence-corrected chi connectivity index (χ3v) is 6.84. The fourth-order valence-electron chi connectivity index (χ4n) is 2.21. The van der Waals surface area contributed by atoms with Crippen molar-refractivity contribution in [2.75, 3.05) is 7.11 Å². The fourth-order valence-corrected chi connectivity index (χ4v) is 4.89. The summed E-state index contributed by atoms with van der Waals surface area (Å²) in [6, 6.07) is 18.8. The van der Waals surface area contributed by atoms with Gasteiger partial charge in [0.1, 0.15) is 22.2 Å². The Kier molecular flexibility index (Phi) is 12.6. The number of halogens is 4. The molecule has 0 N–H and O–H groups in total. The highest BCUT2D eigenvalue weighted by molar-refractivity contribution is 15.0. The lowest BCUT2D eigenvalue weighted by molar-refractivity contribution is -0.662. The lowest BCUT2D eigenvalue weighted by atomic mass is 10.2. The number of methoxy groups -OCH3 is 1. The molecular formula is C18H17BrI3NOS2. The Hall–Kier alpha value is 0.890.